The number of rotatable bonds is 5. The first kappa shape index (κ1) is 14.4. The van der Waals surface area contributed by atoms with E-state index in [1.807, 2.05) is 13.8 Å². The Morgan fingerprint density at radius 3 is 2.56 bits per heavy atom. The first-order chi connectivity index (χ1) is 8.45. The van der Waals surface area contributed by atoms with Gasteiger partial charge in [-0.3, -0.25) is 4.79 Å². The van der Waals surface area contributed by atoms with Gasteiger partial charge >= 0.3 is 0 Å². The molecule has 3 N–H and O–H groups in total. The van der Waals surface area contributed by atoms with E-state index in [-0.39, 0.29) is 11.9 Å². The summed E-state index contributed by atoms with van der Waals surface area (Å²) >= 11 is 0. The zero-order valence-corrected chi connectivity index (χ0v) is 11.5. The van der Waals surface area contributed by atoms with E-state index in [0.29, 0.717) is 29.5 Å². The van der Waals surface area contributed by atoms with Crippen molar-refractivity contribution in [1.82, 2.24) is 5.32 Å². The van der Waals surface area contributed by atoms with E-state index in [1.165, 1.54) is 0 Å². The second-order valence-electron chi connectivity index (χ2n) is 4.69. The molecule has 1 aromatic carbocycles. The summed E-state index contributed by atoms with van der Waals surface area (Å²) in [6, 6.07) is 5.23. The molecule has 0 aliphatic rings. The topological polar surface area (TPSA) is 64.3 Å². The van der Waals surface area contributed by atoms with Crippen molar-refractivity contribution in [1.29, 1.82) is 0 Å². The molecule has 0 radical (unpaired) electrons. The van der Waals surface area contributed by atoms with Crippen LogP contribution in [0.4, 0.5) is 5.69 Å². The van der Waals surface area contributed by atoms with Crippen molar-refractivity contribution in [2.45, 2.75) is 33.7 Å². The van der Waals surface area contributed by atoms with Crippen LogP contribution in [-0.2, 0) is 0 Å². The Labute approximate surface area is 109 Å². The SMILES string of the molecule is CCOc1ccc(C(=O)NC(C)C(C)C)cc1N. The number of hydrogen-bond donors (Lipinski definition) is 2. The zero-order chi connectivity index (χ0) is 13.7. The fourth-order valence-electron chi connectivity index (χ4n) is 1.43. The molecule has 0 bridgehead atoms. The summed E-state index contributed by atoms with van der Waals surface area (Å²) in [5.74, 6) is 0.908. The van der Waals surface area contributed by atoms with E-state index < -0.39 is 0 Å². The van der Waals surface area contributed by atoms with Crippen molar-refractivity contribution in [3.8, 4) is 5.75 Å². The molecule has 1 rings (SSSR count). The fourth-order valence-corrected chi connectivity index (χ4v) is 1.43. The van der Waals surface area contributed by atoms with Crippen LogP contribution in [0, 0.1) is 5.92 Å². The van der Waals surface area contributed by atoms with Gasteiger partial charge in [0.05, 0.1) is 12.3 Å². The summed E-state index contributed by atoms with van der Waals surface area (Å²) in [5.41, 5.74) is 6.88. The Bertz CT molecular complexity index is 416. The van der Waals surface area contributed by atoms with Gasteiger partial charge < -0.3 is 15.8 Å². The van der Waals surface area contributed by atoms with E-state index in [9.17, 15) is 4.79 Å². The Morgan fingerprint density at radius 2 is 2.06 bits per heavy atom. The Balaban J connectivity index is 2.78. The van der Waals surface area contributed by atoms with Crippen molar-refractivity contribution in [2.75, 3.05) is 12.3 Å². The first-order valence-corrected chi connectivity index (χ1v) is 6.28. The van der Waals surface area contributed by atoms with Crippen molar-refractivity contribution >= 4 is 11.6 Å². The van der Waals surface area contributed by atoms with E-state index in [4.69, 9.17) is 10.5 Å². The van der Waals surface area contributed by atoms with Gasteiger partial charge in [0.25, 0.3) is 5.91 Å². The van der Waals surface area contributed by atoms with E-state index in [2.05, 4.69) is 19.2 Å². The van der Waals surface area contributed by atoms with Crippen molar-refractivity contribution < 1.29 is 9.53 Å². The van der Waals surface area contributed by atoms with Crippen LogP contribution in [0.5, 0.6) is 5.75 Å². The van der Waals surface area contributed by atoms with Gasteiger partial charge in [-0.2, -0.15) is 0 Å². The molecule has 4 nitrogen and oxygen atoms in total. The maximum atomic E-state index is 12.0. The molecule has 18 heavy (non-hydrogen) atoms. The van der Waals surface area contributed by atoms with Crippen LogP contribution in [0.15, 0.2) is 18.2 Å². The molecule has 0 aromatic heterocycles. The molecule has 0 heterocycles. The second-order valence-corrected chi connectivity index (χ2v) is 4.69. The number of nitrogens with one attached hydrogen (secondary N) is 1. The maximum absolute atomic E-state index is 12.0. The number of anilines is 1. The molecular formula is C14H22N2O2. The highest BCUT2D eigenvalue weighted by Crippen LogP contribution is 2.22. The molecule has 100 valence electrons. The van der Waals surface area contributed by atoms with Gasteiger partial charge in [-0.25, -0.2) is 0 Å². The third-order valence-electron chi connectivity index (χ3n) is 2.93. The lowest BCUT2D eigenvalue weighted by Crippen LogP contribution is -2.36. The monoisotopic (exact) mass is 250 g/mol. The predicted molar refractivity (Wildman–Crippen MR) is 73.8 cm³/mol. The van der Waals surface area contributed by atoms with Crippen LogP contribution in [0.25, 0.3) is 0 Å². The van der Waals surface area contributed by atoms with Gasteiger partial charge in [0.1, 0.15) is 5.75 Å². The van der Waals surface area contributed by atoms with Gasteiger partial charge in [0.2, 0.25) is 0 Å². The maximum Gasteiger partial charge on any atom is 0.251 e. The normalized spacial score (nSPS) is 12.3. The summed E-state index contributed by atoms with van der Waals surface area (Å²) in [6.07, 6.45) is 0. The standard InChI is InChI=1S/C14H22N2O2/c1-5-18-13-7-6-11(8-12(13)15)14(17)16-10(4)9(2)3/h6-10H,5,15H2,1-4H3,(H,16,17). The van der Waals surface area contributed by atoms with Gasteiger partial charge in [0, 0.05) is 11.6 Å². The molecule has 0 aliphatic carbocycles. The summed E-state index contributed by atoms with van der Waals surface area (Å²) < 4.78 is 5.33. The van der Waals surface area contributed by atoms with E-state index in [0.717, 1.165) is 0 Å². The lowest BCUT2D eigenvalue weighted by Gasteiger charge is -2.17. The molecule has 1 atom stereocenters. The molecule has 0 saturated heterocycles. The lowest BCUT2D eigenvalue weighted by atomic mass is 10.1. The van der Waals surface area contributed by atoms with Crippen molar-refractivity contribution in [3.05, 3.63) is 23.8 Å². The molecular weight excluding hydrogens is 228 g/mol. The minimum atomic E-state index is -0.106. The van der Waals surface area contributed by atoms with Gasteiger partial charge in [-0.1, -0.05) is 13.8 Å². The molecule has 1 unspecified atom stereocenters. The van der Waals surface area contributed by atoms with Crippen LogP contribution in [0.1, 0.15) is 38.1 Å². The quantitative estimate of drug-likeness (QED) is 0.789. The van der Waals surface area contributed by atoms with Crippen LogP contribution < -0.4 is 15.8 Å². The molecule has 1 amide bonds. The van der Waals surface area contributed by atoms with Gasteiger partial charge in [-0.05, 0) is 38.0 Å². The largest absolute Gasteiger partial charge is 0.492 e. The van der Waals surface area contributed by atoms with Crippen LogP contribution in [-0.4, -0.2) is 18.6 Å². The summed E-state index contributed by atoms with van der Waals surface area (Å²) in [5, 5.41) is 2.94. The highest BCUT2D eigenvalue weighted by Gasteiger charge is 2.13. The minimum Gasteiger partial charge on any atom is -0.492 e. The number of nitrogens with two attached hydrogens (primary N) is 1. The van der Waals surface area contributed by atoms with Crippen LogP contribution >= 0.6 is 0 Å². The number of carbonyl (C=O) groups is 1. The summed E-state index contributed by atoms with van der Waals surface area (Å²) in [4.78, 5) is 12.0. The number of carbonyl (C=O) groups excluding carboxylic acids is 1. The molecule has 0 saturated carbocycles. The highest BCUT2D eigenvalue weighted by atomic mass is 16.5. The smallest absolute Gasteiger partial charge is 0.251 e. The lowest BCUT2D eigenvalue weighted by molar-refractivity contribution is 0.0930. The highest BCUT2D eigenvalue weighted by molar-refractivity contribution is 5.95. The predicted octanol–water partition coefficient (Wildman–Crippen LogP) is 2.44. The molecule has 0 fully saturated rings. The van der Waals surface area contributed by atoms with E-state index >= 15 is 0 Å². The zero-order valence-electron chi connectivity index (χ0n) is 11.5. The van der Waals surface area contributed by atoms with Crippen molar-refractivity contribution in [3.63, 3.8) is 0 Å². The average Bonchev–Trinajstić information content (AvgIpc) is 2.31. The molecule has 1 aromatic rings. The van der Waals surface area contributed by atoms with Crippen molar-refractivity contribution in [2.24, 2.45) is 5.92 Å². The van der Waals surface area contributed by atoms with Gasteiger partial charge in [0.15, 0.2) is 0 Å². The Hall–Kier alpha value is -1.71. The fraction of sp³-hybridized carbons (Fsp3) is 0.500. The molecule has 0 aliphatic heterocycles. The number of benzene rings is 1. The summed E-state index contributed by atoms with van der Waals surface area (Å²) in [6.45, 7) is 8.57. The summed E-state index contributed by atoms with van der Waals surface area (Å²) in [7, 11) is 0. The minimum absolute atomic E-state index is 0.106. The Kier molecular flexibility index (Phi) is 5.01. The second kappa shape index (κ2) is 6.28. The Morgan fingerprint density at radius 1 is 1.39 bits per heavy atom. The van der Waals surface area contributed by atoms with E-state index in [1.54, 1.807) is 18.2 Å². The molecule has 0 spiro atoms. The number of hydrogen-bond acceptors (Lipinski definition) is 3. The molecule has 4 heteroatoms. The number of nitrogen functional groups attached to an aromatic ring is 1. The third-order valence-corrected chi connectivity index (χ3v) is 2.93. The number of ether oxygens (including phenoxy) is 1. The van der Waals surface area contributed by atoms with Crippen LogP contribution in [0.2, 0.25) is 0 Å². The average molecular weight is 250 g/mol. The number of amides is 1. The first-order valence-electron chi connectivity index (χ1n) is 6.28. The third kappa shape index (κ3) is 3.65. The van der Waals surface area contributed by atoms with Gasteiger partial charge in [-0.15, -0.1) is 0 Å². The van der Waals surface area contributed by atoms with Crippen LogP contribution in [0.3, 0.4) is 0 Å².